The molecule has 0 spiro atoms. The number of ketones is 1. The molecule has 2 aromatic rings. The van der Waals surface area contributed by atoms with E-state index in [1.165, 1.54) is 10.8 Å². The van der Waals surface area contributed by atoms with Gasteiger partial charge in [-0.1, -0.05) is 39.3 Å². The summed E-state index contributed by atoms with van der Waals surface area (Å²) in [6, 6.07) is 0.997. The van der Waals surface area contributed by atoms with Crippen LogP contribution in [0.15, 0.2) is 48.4 Å². The van der Waals surface area contributed by atoms with Crippen LogP contribution < -0.4 is 15.5 Å². The van der Waals surface area contributed by atoms with Crippen molar-refractivity contribution in [2.24, 2.45) is 11.8 Å². The van der Waals surface area contributed by atoms with Gasteiger partial charge in [-0.2, -0.15) is 0 Å². The lowest BCUT2D eigenvalue weighted by Crippen LogP contribution is -2.33. The van der Waals surface area contributed by atoms with Crippen LogP contribution in [-0.2, 0) is 13.1 Å². The minimum Gasteiger partial charge on any atom is -0.487 e. The third kappa shape index (κ3) is 7.68. The van der Waals surface area contributed by atoms with Crippen molar-refractivity contribution in [1.29, 1.82) is 0 Å². The second kappa shape index (κ2) is 13.6. The Hall–Kier alpha value is -3.62. The number of unbranched alkanes of at least 4 members (excludes halogenated alkanes) is 1. The molecule has 0 bridgehead atoms. The highest BCUT2D eigenvalue weighted by Crippen LogP contribution is 2.22. The third-order valence-electron chi connectivity index (χ3n) is 5.82. The van der Waals surface area contributed by atoms with Crippen LogP contribution in [0.5, 0.6) is 5.75 Å². The van der Waals surface area contributed by atoms with Gasteiger partial charge in [0.1, 0.15) is 28.7 Å². The highest BCUT2D eigenvalue weighted by atomic mass is 19.1. The zero-order valence-electron chi connectivity index (χ0n) is 21.4. The van der Waals surface area contributed by atoms with Crippen molar-refractivity contribution < 1.29 is 27.5 Å². The van der Waals surface area contributed by atoms with Crippen LogP contribution in [0.1, 0.15) is 66.4 Å². The molecular formula is C28H33F3N2O4. The number of carbonyl (C=O) groups is 2. The SMILES string of the molecule is C=CC(C)Cn1cc(C(=O)NCc2c(F)cc(F)cc2F)c(=O)c(OCCCC)c1C(=O)C[C@@H](C)C=C. The van der Waals surface area contributed by atoms with E-state index < -0.39 is 40.9 Å². The van der Waals surface area contributed by atoms with Gasteiger partial charge in [-0.25, -0.2) is 13.2 Å². The Bertz CT molecular complexity index is 1200. The quantitative estimate of drug-likeness (QED) is 0.201. The molecule has 37 heavy (non-hydrogen) atoms. The van der Waals surface area contributed by atoms with Crippen molar-refractivity contribution in [2.45, 2.75) is 53.1 Å². The van der Waals surface area contributed by atoms with Crippen LogP contribution in [0.3, 0.4) is 0 Å². The van der Waals surface area contributed by atoms with Crippen molar-refractivity contribution in [2.75, 3.05) is 6.61 Å². The Labute approximate surface area is 214 Å². The zero-order valence-corrected chi connectivity index (χ0v) is 21.4. The summed E-state index contributed by atoms with van der Waals surface area (Å²) in [6.45, 7) is 12.8. The number of hydrogen-bond donors (Lipinski definition) is 1. The molecule has 0 aliphatic heterocycles. The fourth-order valence-electron chi connectivity index (χ4n) is 3.55. The maximum Gasteiger partial charge on any atom is 0.257 e. The van der Waals surface area contributed by atoms with Gasteiger partial charge >= 0.3 is 0 Å². The second-order valence-electron chi connectivity index (χ2n) is 8.99. The first kappa shape index (κ1) is 29.6. The molecule has 1 unspecified atom stereocenters. The number of ether oxygens (including phenoxy) is 1. The number of aromatic nitrogens is 1. The van der Waals surface area contributed by atoms with E-state index in [4.69, 9.17) is 4.74 Å². The fourth-order valence-corrected chi connectivity index (χ4v) is 3.55. The van der Waals surface area contributed by atoms with Crippen LogP contribution in [0.25, 0.3) is 0 Å². The molecule has 9 heteroatoms. The number of carbonyl (C=O) groups excluding carboxylic acids is 2. The van der Waals surface area contributed by atoms with Gasteiger partial charge in [0.25, 0.3) is 5.91 Å². The molecule has 200 valence electrons. The molecule has 1 N–H and O–H groups in total. The molecule has 0 saturated carbocycles. The molecule has 1 heterocycles. The largest absolute Gasteiger partial charge is 0.487 e. The molecule has 1 aromatic heterocycles. The summed E-state index contributed by atoms with van der Waals surface area (Å²) in [6.07, 6.45) is 5.99. The number of allylic oxidation sites excluding steroid dienone is 2. The number of benzene rings is 1. The van der Waals surface area contributed by atoms with Crippen LogP contribution in [0.4, 0.5) is 13.2 Å². The topological polar surface area (TPSA) is 77.4 Å². The molecule has 0 fully saturated rings. The monoisotopic (exact) mass is 518 g/mol. The Balaban J connectivity index is 2.58. The first-order valence-corrected chi connectivity index (χ1v) is 12.1. The zero-order chi connectivity index (χ0) is 27.7. The first-order chi connectivity index (χ1) is 17.5. The number of nitrogens with one attached hydrogen (secondary N) is 1. The predicted molar refractivity (Wildman–Crippen MR) is 136 cm³/mol. The number of amides is 1. The summed E-state index contributed by atoms with van der Waals surface area (Å²) in [4.78, 5) is 39.7. The average Bonchev–Trinajstić information content (AvgIpc) is 2.84. The van der Waals surface area contributed by atoms with Gasteiger partial charge < -0.3 is 14.6 Å². The highest BCUT2D eigenvalue weighted by molar-refractivity contribution is 6.00. The summed E-state index contributed by atoms with van der Waals surface area (Å²) >= 11 is 0. The van der Waals surface area contributed by atoms with E-state index in [1.54, 1.807) is 12.2 Å². The maximum absolute atomic E-state index is 14.0. The standard InChI is InChI=1S/C28H33F3N2O4/c1-6-9-10-37-27-25(24(34)11-17(4)7-2)33(15-18(5)8-3)16-21(26(27)35)28(36)32-14-20-22(30)12-19(29)13-23(20)31/h7-8,12-13,16-18H,2-3,6,9-11,14-15H2,1,4-5H3,(H,32,36)/t17-,18?/m0/s1. The number of rotatable bonds is 14. The van der Waals surface area contributed by atoms with E-state index in [1.807, 2.05) is 20.8 Å². The maximum atomic E-state index is 14.0. The van der Waals surface area contributed by atoms with Gasteiger partial charge in [-0.15, -0.1) is 13.2 Å². The van der Waals surface area contributed by atoms with E-state index in [2.05, 4.69) is 18.5 Å². The fraction of sp³-hybridized carbons (Fsp3) is 0.393. The summed E-state index contributed by atoms with van der Waals surface area (Å²) in [5, 5.41) is 2.31. The molecule has 1 aromatic carbocycles. The lowest BCUT2D eigenvalue weighted by molar-refractivity contribution is 0.0933. The van der Waals surface area contributed by atoms with E-state index in [9.17, 15) is 27.6 Å². The van der Waals surface area contributed by atoms with E-state index in [0.29, 0.717) is 18.6 Å². The van der Waals surface area contributed by atoms with Crippen molar-refractivity contribution in [3.8, 4) is 5.75 Å². The molecule has 0 saturated heterocycles. The lowest BCUT2D eigenvalue weighted by atomic mass is 10.0. The molecule has 0 aliphatic rings. The summed E-state index contributed by atoms with van der Waals surface area (Å²) in [7, 11) is 0. The van der Waals surface area contributed by atoms with Crippen molar-refractivity contribution in [1.82, 2.24) is 9.88 Å². The number of pyridine rings is 1. The summed E-state index contributed by atoms with van der Waals surface area (Å²) in [5.41, 5.74) is -1.69. The molecule has 0 aliphatic carbocycles. The Morgan fingerprint density at radius 3 is 2.30 bits per heavy atom. The van der Waals surface area contributed by atoms with E-state index in [0.717, 1.165) is 6.42 Å². The second-order valence-corrected chi connectivity index (χ2v) is 8.99. The Morgan fingerprint density at radius 1 is 1.11 bits per heavy atom. The number of hydrogen-bond acceptors (Lipinski definition) is 4. The predicted octanol–water partition coefficient (Wildman–Crippen LogP) is 5.59. The van der Waals surface area contributed by atoms with Gasteiger partial charge in [0.15, 0.2) is 11.5 Å². The highest BCUT2D eigenvalue weighted by Gasteiger charge is 2.27. The minimum atomic E-state index is -1.17. The normalized spacial score (nSPS) is 12.5. The molecular weight excluding hydrogens is 485 g/mol. The smallest absolute Gasteiger partial charge is 0.257 e. The van der Waals surface area contributed by atoms with Gasteiger partial charge in [0.2, 0.25) is 5.43 Å². The molecule has 1 amide bonds. The van der Waals surface area contributed by atoms with Crippen LogP contribution in [0, 0.1) is 29.3 Å². The van der Waals surface area contributed by atoms with Gasteiger partial charge in [-0.05, 0) is 18.3 Å². The van der Waals surface area contributed by atoms with Crippen molar-refractivity contribution in [3.05, 3.63) is 88.1 Å². The average molecular weight is 519 g/mol. The minimum absolute atomic E-state index is 0.0377. The number of Topliss-reactive ketones (excluding diaryl/α,β-unsaturated/α-hetero) is 1. The number of halogens is 3. The summed E-state index contributed by atoms with van der Waals surface area (Å²) < 4.78 is 48.5. The number of nitrogens with zero attached hydrogens (tertiary/aromatic N) is 1. The Kier molecular flexibility index (Phi) is 10.9. The van der Waals surface area contributed by atoms with Gasteiger partial charge in [-0.3, -0.25) is 14.4 Å². The van der Waals surface area contributed by atoms with Crippen molar-refractivity contribution >= 4 is 11.7 Å². The molecule has 2 rings (SSSR count). The van der Waals surface area contributed by atoms with Crippen LogP contribution >= 0.6 is 0 Å². The molecule has 2 atom stereocenters. The van der Waals surface area contributed by atoms with Crippen molar-refractivity contribution in [3.63, 3.8) is 0 Å². The first-order valence-electron chi connectivity index (χ1n) is 12.1. The van der Waals surface area contributed by atoms with Gasteiger partial charge in [0, 0.05) is 43.4 Å². The van der Waals surface area contributed by atoms with E-state index >= 15 is 0 Å². The third-order valence-corrected chi connectivity index (χ3v) is 5.82. The van der Waals surface area contributed by atoms with Crippen LogP contribution in [0.2, 0.25) is 0 Å². The van der Waals surface area contributed by atoms with Crippen LogP contribution in [-0.4, -0.2) is 22.9 Å². The molecule has 0 radical (unpaired) electrons. The lowest BCUT2D eigenvalue weighted by Gasteiger charge is -2.21. The Morgan fingerprint density at radius 2 is 1.73 bits per heavy atom. The van der Waals surface area contributed by atoms with Gasteiger partial charge in [0.05, 0.1) is 6.61 Å². The summed E-state index contributed by atoms with van der Waals surface area (Å²) in [5.74, 6) is -5.26. The van der Waals surface area contributed by atoms with E-state index in [-0.39, 0.29) is 54.2 Å². The molecule has 6 nitrogen and oxygen atoms in total.